The van der Waals surface area contributed by atoms with Crippen molar-refractivity contribution in [1.82, 2.24) is 5.32 Å². The maximum atomic E-state index is 12.0. The number of nitriles is 1. The van der Waals surface area contributed by atoms with Gasteiger partial charge in [0.25, 0.3) is 0 Å². The molecule has 1 aromatic carbocycles. The summed E-state index contributed by atoms with van der Waals surface area (Å²) >= 11 is 0. The van der Waals surface area contributed by atoms with Crippen LogP contribution in [0.2, 0.25) is 0 Å². The SMILES string of the molecule is COc1cccc(CC(=O)NC2CCCC2C#N)c1. The fourth-order valence-electron chi connectivity index (χ4n) is 2.51. The van der Waals surface area contributed by atoms with E-state index >= 15 is 0 Å². The molecule has 0 bridgehead atoms. The molecule has 1 aliphatic rings. The van der Waals surface area contributed by atoms with Crippen LogP contribution in [0.15, 0.2) is 24.3 Å². The van der Waals surface area contributed by atoms with Gasteiger partial charge in [0, 0.05) is 6.04 Å². The van der Waals surface area contributed by atoms with Gasteiger partial charge in [0.05, 0.1) is 25.5 Å². The minimum Gasteiger partial charge on any atom is -0.497 e. The Bertz CT molecular complexity index is 493. The van der Waals surface area contributed by atoms with Crippen LogP contribution in [-0.4, -0.2) is 19.1 Å². The predicted molar refractivity (Wildman–Crippen MR) is 71.6 cm³/mol. The summed E-state index contributed by atoms with van der Waals surface area (Å²) in [5, 5.41) is 12.0. The molecule has 0 heterocycles. The molecular formula is C15H18N2O2. The maximum Gasteiger partial charge on any atom is 0.224 e. The fraction of sp³-hybridized carbons (Fsp3) is 0.467. The number of carbonyl (C=O) groups is 1. The Labute approximate surface area is 113 Å². The van der Waals surface area contributed by atoms with Gasteiger partial charge in [-0.05, 0) is 37.0 Å². The third kappa shape index (κ3) is 3.47. The van der Waals surface area contributed by atoms with Crippen LogP contribution in [0.4, 0.5) is 0 Å². The van der Waals surface area contributed by atoms with Gasteiger partial charge in [-0.15, -0.1) is 0 Å². The van der Waals surface area contributed by atoms with E-state index in [-0.39, 0.29) is 17.9 Å². The maximum absolute atomic E-state index is 12.0. The molecule has 1 N–H and O–H groups in total. The lowest BCUT2D eigenvalue weighted by atomic mass is 10.1. The molecule has 0 saturated heterocycles. The molecule has 2 atom stereocenters. The van der Waals surface area contributed by atoms with Crippen molar-refractivity contribution >= 4 is 5.91 Å². The fourth-order valence-corrected chi connectivity index (χ4v) is 2.51. The Hall–Kier alpha value is -2.02. The summed E-state index contributed by atoms with van der Waals surface area (Å²) in [4.78, 5) is 12.0. The van der Waals surface area contributed by atoms with Gasteiger partial charge >= 0.3 is 0 Å². The zero-order chi connectivity index (χ0) is 13.7. The van der Waals surface area contributed by atoms with Gasteiger partial charge in [0.1, 0.15) is 5.75 Å². The van der Waals surface area contributed by atoms with Crippen molar-refractivity contribution in [2.24, 2.45) is 5.92 Å². The highest BCUT2D eigenvalue weighted by atomic mass is 16.5. The molecule has 2 rings (SSSR count). The van der Waals surface area contributed by atoms with Gasteiger partial charge in [0.2, 0.25) is 5.91 Å². The molecular weight excluding hydrogens is 240 g/mol. The molecule has 4 nitrogen and oxygen atoms in total. The molecule has 0 aliphatic heterocycles. The Morgan fingerprint density at radius 3 is 3.11 bits per heavy atom. The summed E-state index contributed by atoms with van der Waals surface area (Å²) in [7, 11) is 1.61. The van der Waals surface area contributed by atoms with E-state index in [2.05, 4.69) is 11.4 Å². The van der Waals surface area contributed by atoms with Crippen molar-refractivity contribution in [3.8, 4) is 11.8 Å². The molecule has 1 amide bonds. The van der Waals surface area contributed by atoms with Gasteiger partial charge in [-0.2, -0.15) is 5.26 Å². The number of nitrogens with one attached hydrogen (secondary N) is 1. The van der Waals surface area contributed by atoms with E-state index in [1.54, 1.807) is 7.11 Å². The zero-order valence-electron chi connectivity index (χ0n) is 11.1. The molecule has 4 heteroatoms. The predicted octanol–water partition coefficient (Wildman–Crippen LogP) is 2.05. The highest BCUT2D eigenvalue weighted by Crippen LogP contribution is 2.24. The molecule has 1 fully saturated rings. The van der Waals surface area contributed by atoms with Crippen molar-refractivity contribution in [3.05, 3.63) is 29.8 Å². The van der Waals surface area contributed by atoms with Crippen LogP contribution < -0.4 is 10.1 Å². The van der Waals surface area contributed by atoms with Gasteiger partial charge in [-0.3, -0.25) is 4.79 Å². The lowest BCUT2D eigenvalue weighted by Gasteiger charge is -2.15. The number of hydrogen-bond acceptors (Lipinski definition) is 3. The lowest BCUT2D eigenvalue weighted by molar-refractivity contribution is -0.121. The summed E-state index contributed by atoms with van der Waals surface area (Å²) < 4.78 is 5.13. The Balaban J connectivity index is 1.92. The van der Waals surface area contributed by atoms with Gasteiger partial charge < -0.3 is 10.1 Å². The van der Waals surface area contributed by atoms with Crippen LogP contribution >= 0.6 is 0 Å². The minimum absolute atomic E-state index is 0.0168. The standard InChI is InChI=1S/C15H18N2O2/c1-19-13-6-2-4-11(8-13)9-15(18)17-14-7-3-5-12(14)10-16/h2,4,6,8,12,14H,3,5,7,9H2,1H3,(H,17,18). The van der Waals surface area contributed by atoms with E-state index in [0.717, 1.165) is 30.6 Å². The highest BCUT2D eigenvalue weighted by molar-refractivity contribution is 5.79. The van der Waals surface area contributed by atoms with Crippen molar-refractivity contribution < 1.29 is 9.53 Å². The largest absolute Gasteiger partial charge is 0.497 e. The second kappa shape index (κ2) is 6.24. The molecule has 2 unspecified atom stereocenters. The average Bonchev–Trinajstić information content (AvgIpc) is 2.86. The van der Waals surface area contributed by atoms with E-state index < -0.39 is 0 Å². The third-order valence-corrected chi connectivity index (χ3v) is 3.53. The molecule has 1 aliphatic carbocycles. The Morgan fingerprint density at radius 2 is 2.37 bits per heavy atom. The van der Waals surface area contributed by atoms with Crippen molar-refractivity contribution in [1.29, 1.82) is 5.26 Å². The second-order valence-electron chi connectivity index (χ2n) is 4.87. The van der Waals surface area contributed by atoms with Crippen LogP contribution in [0.5, 0.6) is 5.75 Å². The minimum atomic E-state index is -0.0331. The van der Waals surface area contributed by atoms with E-state index in [4.69, 9.17) is 10.00 Å². The lowest BCUT2D eigenvalue weighted by Crippen LogP contribution is -2.37. The summed E-state index contributed by atoms with van der Waals surface area (Å²) in [5.74, 6) is 0.690. The second-order valence-corrected chi connectivity index (χ2v) is 4.87. The van der Waals surface area contributed by atoms with Crippen molar-refractivity contribution in [2.75, 3.05) is 7.11 Å². The van der Waals surface area contributed by atoms with Gasteiger partial charge in [0.15, 0.2) is 0 Å². The number of hydrogen-bond donors (Lipinski definition) is 1. The molecule has 100 valence electrons. The first kappa shape index (κ1) is 13.4. The molecule has 0 radical (unpaired) electrons. The van der Waals surface area contributed by atoms with E-state index in [1.165, 1.54) is 0 Å². The number of ether oxygens (including phenoxy) is 1. The molecule has 0 spiro atoms. The first-order valence-corrected chi connectivity index (χ1v) is 6.55. The Kier molecular flexibility index (Phi) is 4.40. The average molecular weight is 258 g/mol. The van der Waals surface area contributed by atoms with Crippen molar-refractivity contribution in [3.63, 3.8) is 0 Å². The smallest absolute Gasteiger partial charge is 0.224 e. The molecule has 19 heavy (non-hydrogen) atoms. The monoisotopic (exact) mass is 258 g/mol. The zero-order valence-corrected chi connectivity index (χ0v) is 11.1. The number of carbonyl (C=O) groups excluding carboxylic acids is 1. The summed E-state index contributed by atoms with van der Waals surface area (Å²) in [6.45, 7) is 0. The van der Waals surface area contributed by atoms with Crippen LogP contribution in [0, 0.1) is 17.2 Å². The number of benzene rings is 1. The van der Waals surface area contributed by atoms with E-state index in [1.807, 2.05) is 24.3 Å². The molecule has 0 aromatic heterocycles. The number of amides is 1. The Morgan fingerprint density at radius 1 is 1.53 bits per heavy atom. The molecule has 1 aromatic rings. The summed E-state index contributed by atoms with van der Waals surface area (Å²) in [5.41, 5.74) is 0.920. The molecule has 1 saturated carbocycles. The first-order chi connectivity index (χ1) is 9.22. The summed E-state index contributed by atoms with van der Waals surface area (Å²) in [6.07, 6.45) is 3.14. The van der Waals surface area contributed by atoms with Gasteiger partial charge in [-0.1, -0.05) is 12.1 Å². The number of rotatable bonds is 4. The quantitative estimate of drug-likeness (QED) is 0.899. The van der Waals surface area contributed by atoms with Crippen LogP contribution in [0.25, 0.3) is 0 Å². The highest BCUT2D eigenvalue weighted by Gasteiger charge is 2.28. The van der Waals surface area contributed by atoms with Crippen LogP contribution in [0.3, 0.4) is 0 Å². The van der Waals surface area contributed by atoms with Crippen molar-refractivity contribution in [2.45, 2.75) is 31.7 Å². The number of methoxy groups -OCH3 is 1. The topological polar surface area (TPSA) is 62.1 Å². The normalized spacial score (nSPS) is 21.7. The third-order valence-electron chi connectivity index (χ3n) is 3.53. The first-order valence-electron chi connectivity index (χ1n) is 6.55. The van der Waals surface area contributed by atoms with E-state index in [0.29, 0.717) is 6.42 Å². The van der Waals surface area contributed by atoms with Gasteiger partial charge in [-0.25, -0.2) is 0 Å². The van der Waals surface area contributed by atoms with Crippen LogP contribution in [-0.2, 0) is 11.2 Å². The van der Waals surface area contributed by atoms with E-state index in [9.17, 15) is 4.79 Å². The van der Waals surface area contributed by atoms with Crippen LogP contribution in [0.1, 0.15) is 24.8 Å². The summed E-state index contributed by atoms with van der Waals surface area (Å²) in [6, 6.07) is 9.76. The number of nitrogens with zero attached hydrogens (tertiary/aromatic N) is 1.